The second-order valence-corrected chi connectivity index (χ2v) is 15.3. The molecule has 0 aliphatic carbocycles. The molecule has 0 aliphatic heterocycles. The first-order chi connectivity index (χ1) is 34.2. The van der Waals surface area contributed by atoms with Crippen molar-refractivity contribution in [2.75, 3.05) is 213 Å². The predicted molar refractivity (Wildman–Crippen MR) is 251 cm³/mol. The van der Waals surface area contributed by atoms with E-state index in [-0.39, 0.29) is 12.1 Å². The van der Waals surface area contributed by atoms with Crippen LogP contribution in [-0.2, 0) is 75.8 Å². The van der Waals surface area contributed by atoms with Crippen LogP contribution in [-0.4, -0.2) is 252 Å². The highest BCUT2D eigenvalue weighted by molar-refractivity contribution is 7.00. The van der Waals surface area contributed by atoms with E-state index in [1.165, 1.54) is 0 Å². The first kappa shape index (κ1) is 58.3. The van der Waals surface area contributed by atoms with Crippen molar-refractivity contribution < 1.29 is 75.8 Å². The predicted octanol–water partition coefficient (Wildman–Crippen LogP) is 2.08. The fourth-order valence-corrected chi connectivity index (χ4v) is 6.62. The van der Waals surface area contributed by atoms with Gasteiger partial charge in [-0.1, -0.05) is 10.4 Å². The van der Waals surface area contributed by atoms with E-state index < -0.39 is 0 Å². The average molecular weight is 1000 g/mol. The minimum atomic E-state index is -0.294. The Morgan fingerprint density at radius 1 is 0.362 bits per heavy atom. The number of benzene rings is 1. The van der Waals surface area contributed by atoms with Crippen molar-refractivity contribution in [1.29, 1.82) is 0 Å². The molecule has 392 valence electrons. The van der Waals surface area contributed by atoms with E-state index >= 15 is 0 Å². The second kappa shape index (κ2) is 39.3. The van der Waals surface area contributed by atoms with Gasteiger partial charge < -0.3 is 75.8 Å². The summed E-state index contributed by atoms with van der Waals surface area (Å²) in [5.41, 5.74) is 4.06. The molecule has 0 aliphatic rings. The monoisotopic (exact) mass is 1000 g/mol. The Morgan fingerprint density at radius 2 is 0.609 bits per heavy atom. The maximum absolute atomic E-state index is 6.01. The number of rotatable bonds is 48. The van der Waals surface area contributed by atoms with E-state index in [4.69, 9.17) is 75.8 Å². The van der Waals surface area contributed by atoms with Crippen LogP contribution in [0.1, 0.15) is 12.1 Å². The minimum Gasteiger partial charge on any atom is -0.382 e. The standard InChI is InChI=1S/C44H74N8O16S/c1-53-7-11-57-15-19-61-23-27-65-33-37(34-66-28-24-62-20-16-58-12-8-54-2)51-31-41(45-49-51)39-5-6-40(44-43(39)47-69-48-44)42-32-52(50-46-42)38(35-67-29-25-63-21-17-59-13-9-55-3)36-68-30-26-64-22-18-60-14-10-56-4/h5-6,31-32,37-38H,7-30,33-36H2,1-4H3. The van der Waals surface area contributed by atoms with Crippen molar-refractivity contribution in [1.82, 2.24) is 38.7 Å². The molecule has 1 aromatic carbocycles. The Balaban J connectivity index is 1.37. The van der Waals surface area contributed by atoms with Crippen LogP contribution in [0.4, 0.5) is 0 Å². The average Bonchev–Trinajstić information content (AvgIpc) is 4.18. The number of hydrogen-bond acceptors (Lipinski definition) is 23. The van der Waals surface area contributed by atoms with Crippen LogP contribution in [0, 0.1) is 0 Å². The van der Waals surface area contributed by atoms with Gasteiger partial charge in [0.15, 0.2) is 0 Å². The largest absolute Gasteiger partial charge is 0.382 e. The summed E-state index contributed by atoms with van der Waals surface area (Å²) in [6.07, 6.45) is 3.72. The number of methoxy groups -OCH3 is 4. The Labute approximate surface area is 408 Å². The van der Waals surface area contributed by atoms with E-state index in [0.717, 1.165) is 22.9 Å². The minimum absolute atomic E-state index is 0.294. The molecule has 0 amide bonds. The van der Waals surface area contributed by atoms with E-state index in [1.54, 1.807) is 37.8 Å². The molecule has 0 unspecified atom stereocenters. The molecule has 0 N–H and O–H groups in total. The van der Waals surface area contributed by atoms with Crippen LogP contribution in [0.15, 0.2) is 24.5 Å². The molecule has 3 heterocycles. The van der Waals surface area contributed by atoms with Gasteiger partial charge in [0, 0.05) is 39.6 Å². The van der Waals surface area contributed by atoms with E-state index in [2.05, 4.69) is 29.4 Å². The SMILES string of the molecule is COCCOCCOCCOCC(COCCOCCOCCOC)n1cc(-c2ccc(-c3cn(C(COCCOCCOCCOC)COCCOCCOCCOC)nn3)c3nsnc23)nn1. The van der Waals surface area contributed by atoms with Crippen molar-refractivity contribution in [2.45, 2.75) is 12.1 Å². The van der Waals surface area contributed by atoms with E-state index in [1.807, 2.05) is 24.5 Å². The number of fused-ring (bicyclic) bond motifs is 1. The van der Waals surface area contributed by atoms with Gasteiger partial charge in [-0.2, -0.15) is 8.75 Å². The molecule has 0 saturated heterocycles. The summed E-state index contributed by atoms with van der Waals surface area (Å²) in [4.78, 5) is 0. The smallest absolute Gasteiger partial charge is 0.115 e. The maximum atomic E-state index is 6.01. The van der Waals surface area contributed by atoms with Gasteiger partial charge in [-0.05, 0) is 12.1 Å². The molecular formula is C44H74N8O16S. The Hall–Kier alpha value is -3.32. The Morgan fingerprint density at radius 3 is 0.870 bits per heavy atom. The third-order valence-electron chi connectivity index (χ3n) is 9.68. The third-order valence-corrected chi connectivity index (χ3v) is 10.2. The zero-order valence-electron chi connectivity index (χ0n) is 40.8. The molecule has 0 fully saturated rings. The molecule has 0 saturated carbocycles. The summed E-state index contributed by atoms with van der Waals surface area (Å²) in [6, 6.07) is 3.29. The summed E-state index contributed by atoms with van der Waals surface area (Å²) in [7, 11) is 6.55. The molecular weight excluding hydrogens is 929 g/mol. The molecule has 0 bridgehead atoms. The van der Waals surface area contributed by atoms with Crippen molar-refractivity contribution in [3.63, 3.8) is 0 Å². The van der Waals surface area contributed by atoms with Crippen LogP contribution < -0.4 is 0 Å². The van der Waals surface area contributed by atoms with Crippen LogP contribution >= 0.6 is 11.7 Å². The topological polar surface area (TPSA) is 235 Å². The molecule has 0 atom stereocenters. The Bertz CT molecular complexity index is 1640. The fourth-order valence-electron chi connectivity index (χ4n) is 6.04. The molecule has 0 radical (unpaired) electrons. The molecule has 0 spiro atoms. The highest BCUT2D eigenvalue weighted by atomic mass is 32.1. The van der Waals surface area contributed by atoms with Crippen LogP contribution in [0.2, 0.25) is 0 Å². The zero-order chi connectivity index (χ0) is 48.7. The lowest BCUT2D eigenvalue weighted by atomic mass is 10.0. The van der Waals surface area contributed by atoms with Crippen molar-refractivity contribution in [3.05, 3.63) is 24.5 Å². The van der Waals surface area contributed by atoms with Crippen LogP contribution in [0.3, 0.4) is 0 Å². The van der Waals surface area contributed by atoms with Gasteiger partial charge in [0.05, 0.1) is 209 Å². The molecule has 24 nitrogen and oxygen atoms in total. The number of ether oxygens (including phenoxy) is 16. The summed E-state index contributed by atoms with van der Waals surface area (Å²) in [6.45, 7) is 12.4. The van der Waals surface area contributed by atoms with Gasteiger partial charge in [0.2, 0.25) is 0 Å². The molecule has 4 aromatic rings. The lowest BCUT2D eigenvalue weighted by Crippen LogP contribution is -2.24. The lowest BCUT2D eigenvalue weighted by Gasteiger charge is -2.17. The van der Waals surface area contributed by atoms with Gasteiger partial charge in [-0.15, -0.1) is 10.2 Å². The van der Waals surface area contributed by atoms with Gasteiger partial charge in [-0.25, -0.2) is 9.36 Å². The first-order valence-electron chi connectivity index (χ1n) is 23.2. The summed E-state index contributed by atoms with van der Waals surface area (Å²) in [5.74, 6) is 0. The maximum Gasteiger partial charge on any atom is 0.115 e. The van der Waals surface area contributed by atoms with Gasteiger partial charge in [0.25, 0.3) is 0 Å². The molecule has 4 rings (SSSR count). The number of nitrogens with zero attached hydrogens (tertiary/aromatic N) is 8. The highest BCUT2D eigenvalue weighted by Crippen LogP contribution is 2.33. The summed E-state index contributed by atoms with van der Waals surface area (Å²) in [5, 5.41) is 18.1. The van der Waals surface area contributed by atoms with Gasteiger partial charge in [-0.3, -0.25) is 0 Å². The molecule has 25 heteroatoms. The third kappa shape index (κ3) is 24.6. The molecule has 3 aromatic heterocycles. The number of aromatic nitrogens is 8. The Kier molecular flexibility index (Phi) is 33.2. The van der Waals surface area contributed by atoms with Crippen LogP contribution in [0.5, 0.6) is 0 Å². The van der Waals surface area contributed by atoms with Crippen molar-refractivity contribution >= 4 is 22.8 Å². The van der Waals surface area contributed by atoms with E-state index in [9.17, 15) is 0 Å². The second-order valence-electron chi connectivity index (χ2n) is 14.8. The summed E-state index contributed by atoms with van der Waals surface area (Å²) >= 11 is 1.10. The highest BCUT2D eigenvalue weighted by Gasteiger charge is 2.22. The van der Waals surface area contributed by atoms with Gasteiger partial charge in [0.1, 0.15) is 34.5 Å². The summed E-state index contributed by atoms with van der Waals surface area (Å²) < 4.78 is 101. The fraction of sp³-hybridized carbons (Fsp3) is 0.773. The van der Waals surface area contributed by atoms with Crippen LogP contribution in [0.25, 0.3) is 33.5 Å². The zero-order valence-corrected chi connectivity index (χ0v) is 41.6. The van der Waals surface area contributed by atoms with E-state index in [0.29, 0.717) is 207 Å². The van der Waals surface area contributed by atoms with Crippen molar-refractivity contribution in [3.8, 4) is 22.5 Å². The first-order valence-corrected chi connectivity index (χ1v) is 23.9. The number of hydrogen-bond donors (Lipinski definition) is 0. The lowest BCUT2D eigenvalue weighted by molar-refractivity contribution is -0.0206. The normalized spacial score (nSPS) is 12.0. The molecule has 69 heavy (non-hydrogen) atoms. The quantitative estimate of drug-likeness (QED) is 0.0576. The van der Waals surface area contributed by atoms with Gasteiger partial charge >= 0.3 is 0 Å². The van der Waals surface area contributed by atoms with Crippen molar-refractivity contribution in [2.24, 2.45) is 0 Å².